The van der Waals surface area contributed by atoms with E-state index in [0.717, 1.165) is 38.9 Å². The zero-order chi connectivity index (χ0) is 16.3. The Labute approximate surface area is 132 Å². The molecule has 1 amide bonds. The van der Waals surface area contributed by atoms with E-state index in [1.807, 2.05) is 0 Å². The van der Waals surface area contributed by atoms with Gasteiger partial charge in [-0.15, -0.1) is 0 Å². The standard InChI is InChI=1S/C18H38N2O/c1-7-8-13-20(17(21)15-18(4,5)6)14-11-9-10-12-19-16(2)3/h16,19H,7-15H2,1-6H3. The molecule has 21 heavy (non-hydrogen) atoms. The number of carbonyl (C=O) groups is 1. The van der Waals surface area contributed by atoms with Crippen LogP contribution < -0.4 is 5.32 Å². The van der Waals surface area contributed by atoms with Crippen molar-refractivity contribution in [3.63, 3.8) is 0 Å². The Morgan fingerprint density at radius 3 is 2.19 bits per heavy atom. The lowest BCUT2D eigenvalue weighted by Crippen LogP contribution is -2.35. The van der Waals surface area contributed by atoms with E-state index >= 15 is 0 Å². The Morgan fingerprint density at radius 2 is 1.67 bits per heavy atom. The van der Waals surface area contributed by atoms with Crippen LogP contribution in [0.3, 0.4) is 0 Å². The minimum Gasteiger partial charge on any atom is -0.343 e. The molecule has 3 heteroatoms. The molecular weight excluding hydrogens is 260 g/mol. The molecule has 0 aliphatic heterocycles. The van der Waals surface area contributed by atoms with E-state index in [1.54, 1.807) is 0 Å². The van der Waals surface area contributed by atoms with Crippen LogP contribution in [0.5, 0.6) is 0 Å². The van der Waals surface area contributed by atoms with E-state index < -0.39 is 0 Å². The molecule has 0 bridgehead atoms. The van der Waals surface area contributed by atoms with E-state index in [2.05, 4.69) is 51.8 Å². The highest BCUT2D eigenvalue weighted by Crippen LogP contribution is 2.20. The molecule has 0 spiro atoms. The van der Waals surface area contributed by atoms with E-state index in [-0.39, 0.29) is 5.41 Å². The van der Waals surface area contributed by atoms with Gasteiger partial charge in [0.15, 0.2) is 0 Å². The first-order chi connectivity index (χ1) is 9.76. The molecule has 0 rings (SSSR count). The van der Waals surface area contributed by atoms with Gasteiger partial charge in [-0.25, -0.2) is 0 Å². The van der Waals surface area contributed by atoms with E-state index in [0.29, 0.717) is 18.4 Å². The van der Waals surface area contributed by atoms with Crippen LogP contribution >= 0.6 is 0 Å². The van der Waals surface area contributed by atoms with Crippen LogP contribution in [0.2, 0.25) is 0 Å². The predicted molar refractivity (Wildman–Crippen MR) is 92.5 cm³/mol. The third-order valence-corrected chi connectivity index (χ3v) is 3.47. The van der Waals surface area contributed by atoms with Crippen LogP contribution in [0.1, 0.15) is 80.1 Å². The van der Waals surface area contributed by atoms with Crippen LogP contribution in [-0.4, -0.2) is 36.5 Å². The molecular formula is C18H38N2O. The Morgan fingerprint density at radius 1 is 1.05 bits per heavy atom. The summed E-state index contributed by atoms with van der Waals surface area (Å²) in [4.78, 5) is 14.5. The first kappa shape index (κ1) is 20.4. The lowest BCUT2D eigenvalue weighted by Gasteiger charge is -2.27. The number of rotatable bonds is 11. The van der Waals surface area contributed by atoms with Crippen molar-refractivity contribution in [3.05, 3.63) is 0 Å². The molecule has 0 fully saturated rings. The number of hydrogen-bond acceptors (Lipinski definition) is 2. The van der Waals surface area contributed by atoms with Crippen LogP contribution in [0.25, 0.3) is 0 Å². The number of nitrogens with zero attached hydrogens (tertiary/aromatic N) is 1. The van der Waals surface area contributed by atoms with Crippen molar-refractivity contribution in [3.8, 4) is 0 Å². The number of hydrogen-bond donors (Lipinski definition) is 1. The van der Waals surface area contributed by atoms with Gasteiger partial charge in [0, 0.05) is 25.6 Å². The smallest absolute Gasteiger partial charge is 0.223 e. The average molecular weight is 299 g/mol. The van der Waals surface area contributed by atoms with Gasteiger partial charge in [0.1, 0.15) is 0 Å². The zero-order valence-corrected chi connectivity index (χ0v) is 15.3. The van der Waals surface area contributed by atoms with Crippen molar-refractivity contribution in [1.82, 2.24) is 10.2 Å². The summed E-state index contributed by atoms with van der Waals surface area (Å²) in [5.74, 6) is 0.330. The summed E-state index contributed by atoms with van der Waals surface area (Å²) in [6.45, 7) is 15.9. The molecule has 3 nitrogen and oxygen atoms in total. The molecule has 0 unspecified atom stereocenters. The fraction of sp³-hybridized carbons (Fsp3) is 0.944. The third-order valence-electron chi connectivity index (χ3n) is 3.47. The Kier molecular flexibility index (Phi) is 10.8. The molecule has 0 atom stereocenters. The molecule has 0 aromatic heterocycles. The van der Waals surface area contributed by atoms with Crippen LogP contribution in [0.4, 0.5) is 0 Å². The maximum Gasteiger partial charge on any atom is 0.223 e. The van der Waals surface area contributed by atoms with Gasteiger partial charge < -0.3 is 10.2 Å². The molecule has 0 aliphatic rings. The molecule has 1 N–H and O–H groups in total. The molecule has 126 valence electrons. The molecule has 0 heterocycles. The van der Waals surface area contributed by atoms with Crippen molar-refractivity contribution < 1.29 is 4.79 Å². The first-order valence-corrected chi connectivity index (χ1v) is 8.77. The number of carbonyl (C=O) groups excluding carboxylic acids is 1. The summed E-state index contributed by atoms with van der Waals surface area (Å²) in [5.41, 5.74) is 0.0860. The molecule has 0 radical (unpaired) electrons. The fourth-order valence-electron chi connectivity index (χ4n) is 2.27. The lowest BCUT2D eigenvalue weighted by atomic mass is 9.91. The minimum atomic E-state index is 0.0860. The van der Waals surface area contributed by atoms with E-state index in [1.165, 1.54) is 12.8 Å². The van der Waals surface area contributed by atoms with Gasteiger partial charge in [0.2, 0.25) is 5.91 Å². The largest absolute Gasteiger partial charge is 0.343 e. The Bertz CT molecular complexity index is 269. The van der Waals surface area contributed by atoms with Gasteiger partial charge in [-0.05, 0) is 31.2 Å². The van der Waals surface area contributed by atoms with Gasteiger partial charge in [0.25, 0.3) is 0 Å². The second-order valence-corrected chi connectivity index (χ2v) is 7.64. The van der Waals surface area contributed by atoms with Crippen molar-refractivity contribution in [1.29, 1.82) is 0 Å². The quantitative estimate of drug-likeness (QED) is 0.579. The number of amides is 1. The van der Waals surface area contributed by atoms with Crippen LogP contribution in [-0.2, 0) is 4.79 Å². The second-order valence-electron chi connectivity index (χ2n) is 7.64. The number of nitrogens with one attached hydrogen (secondary N) is 1. The topological polar surface area (TPSA) is 32.3 Å². The summed E-state index contributed by atoms with van der Waals surface area (Å²) in [5, 5.41) is 3.44. The summed E-state index contributed by atoms with van der Waals surface area (Å²) in [6, 6.07) is 0.569. The molecule has 0 saturated carbocycles. The first-order valence-electron chi connectivity index (χ1n) is 8.77. The molecule has 0 aromatic carbocycles. The number of unbranched alkanes of at least 4 members (excludes halogenated alkanes) is 3. The average Bonchev–Trinajstić information content (AvgIpc) is 2.34. The normalized spacial score (nSPS) is 12.0. The Balaban J connectivity index is 4.03. The lowest BCUT2D eigenvalue weighted by molar-refractivity contribution is -0.133. The maximum atomic E-state index is 12.4. The van der Waals surface area contributed by atoms with Crippen molar-refractivity contribution in [2.45, 2.75) is 86.1 Å². The highest BCUT2D eigenvalue weighted by atomic mass is 16.2. The highest BCUT2D eigenvalue weighted by molar-refractivity contribution is 5.76. The third kappa shape index (κ3) is 12.9. The van der Waals surface area contributed by atoms with Gasteiger partial charge in [-0.3, -0.25) is 4.79 Å². The van der Waals surface area contributed by atoms with Crippen molar-refractivity contribution >= 4 is 5.91 Å². The van der Waals surface area contributed by atoms with E-state index in [9.17, 15) is 4.79 Å². The van der Waals surface area contributed by atoms with Gasteiger partial charge in [-0.1, -0.05) is 54.4 Å². The maximum absolute atomic E-state index is 12.4. The summed E-state index contributed by atoms with van der Waals surface area (Å²) < 4.78 is 0. The highest BCUT2D eigenvalue weighted by Gasteiger charge is 2.20. The van der Waals surface area contributed by atoms with Gasteiger partial charge in [-0.2, -0.15) is 0 Å². The van der Waals surface area contributed by atoms with Crippen molar-refractivity contribution in [2.75, 3.05) is 19.6 Å². The fourth-order valence-corrected chi connectivity index (χ4v) is 2.27. The summed E-state index contributed by atoms with van der Waals surface area (Å²) in [7, 11) is 0. The van der Waals surface area contributed by atoms with Gasteiger partial charge >= 0.3 is 0 Å². The van der Waals surface area contributed by atoms with Gasteiger partial charge in [0.05, 0.1) is 0 Å². The summed E-state index contributed by atoms with van der Waals surface area (Å²) in [6.07, 6.45) is 6.45. The molecule has 0 aliphatic carbocycles. The summed E-state index contributed by atoms with van der Waals surface area (Å²) >= 11 is 0. The molecule has 0 aromatic rings. The van der Waals surface area contributed by atoms with E-state index in [4.69, 9.17) is 0 Å². The Hall–Kier alpha value is -0.570. The van der Waals surface area contributed by atoms with Crippen LogP contribution in [0.15, 0.2) is 0 Å². The second kappa shape index (κ2) is 11.1. The SMILES string of the molecule is CCCCN(CCCCCNC(C)C)C(=O)CC(C)(C)C. The minimum absolute atomic E-state index is 0.0860. The zero-order valence-electron chi connectivity index (χ0n) is 15.3. The monoisotopic (exact) mass is 298 g/mol. The van der Waals surface area contributed by atoms with Crippen molar-refractivity contribution in [2.24, 2.45) is 5.41 Å². The molecule has 0 saturated heterocycles. The van der Waals surface area contributed by atoms with Crippen LogP contribution in [0, 0.1) is 5.41 Å². The predicted octanol–water partition coefficient (Wildman–Crippen LogP) is 4.22.